The molecule has 0 spiro atoms. The summed E-state index contributed by atoms with van der Waals surface area (Å²) >= 11 is 6.05. The second-order valence-corrected chi connectivity index (χ2v) is 6.14. The molecular weight excluding hydrogens is 392 g/mol. The van der Waals surface area contributed by atoms with Gasteiger partial charge in [0.25, 0.3) is 11.6 Å². The molecule has 0 fully saturated rings. The van der Waals surface area contributed by atoms with Crippen LogP contribution in [0.4, 0.5) is 20.2 Å². The number of aromatic nitrogens is 1. The third-order valence-corrected chi connectivity index (χ3v) is 4.20. The number of hydrogen-bond donors (Lipinski definition) is 0. The molecule has 0 unspecified atom stereocenters. The van der Waals surface area contributed by atoms with Crippen molar-refractivity contribution >= 4 is 28.9 Å². The fourth-order valence-corrected chi connectivity index (χ4v) is 2.81. The van der Waals surface area contributed by atoms with Gasteiger partial charge in [0.1, 0.15) is 11.6 Å². The average molecular weight is 404 g/mol. The molecule has 0 saturated heterocycles. The molecule has 6 nitrogen and oxygen atoms in total. The first kappa shape index (κ1) is 19.4. The van der Waals surface area contributed by atoms with Gasteiger partial charge in [-0.3, -0.25) is 24.8 Å². The fourth-order valence-electron chi connectivity index (χ4n) is 2.56. The van der Waals surface area contributed by atoms with Gasteiger partial charge < -0.3 is 0 Å². The highest BCUT2D eigenvalue weighted by Gasteiger charge is 2.25. The Morgan fingerprint density at radius 1 is 1.14 bits per heavy atom. The van der Waals surface area contributed by atoms with Gasteiger partial charge in [-0.2, -0.15) is 0 Å². The number of nitro benzene ring substituents is 1. The zero-order valence-electron chi connectivity index (χ0n) is 14.2. The SMILES string of the molecule is O=C(c1ccc([N+](=O)[O-])cc1Cl)N(Cc1ccccn1)c1ccc(F)cc1F. The van der Waals surface area contributed by atoms with E-state index in [1.807, 2.05) is 0 Å². The molecule has 1 heterocycles. The average Bonchev–Trinajstić information content (AvgIpc) is 2.67. The van der Waals surface area contributed by atoms with Gasteiger partial charge in [-0.05, 0) is 30.3 Å². The summed E-state index contributed by atoms with van der Waals surface area (Å²) in [4.78, 5) is 28.5. The predicted octanol–water partition coefficient (Wildman–Crippen LogP) is 4.77. The largest absolute Gasteiger partial charge is 0.299 e. The van der Waals surface area contributed by atoms with Crippen molar-refractivity contribution < 1.29 is 18.5 Å². The number of carbonyl (C=O) groups is 1. The zero-order valence-corrected chi connectivity index (χ0v) is 14.9. The standard InChI is InChI=1S/C19H12ClF2N3O3/c20-16-10-14(25(27)28)5-6-15(16)19(26)24(11-13-3-1-2-8-23-13)18-7-4-12(21)9-17(18)22/h1-10H,11H2. The molecule has 3 aromatic rings. The van der Waals surface area contributed by atoms with Crippen molar-refractivity contribution in [3.05, 3.63) is 98.8 Å². The number of hydrogen-bond acceptors (Lipinski definition) is 4. The van der Waals surface area contributed by atoms with E-state index in [9.17, 15) is 23.7 Å². The van der Waals surface area contributed by atoms with Gasteiger partial charge in [0.15, 0.2) is 0 Å². The Morgan fingerprint density at radius 3 is 2.54 bits per heavy atom. The van der Waals surface area contributed by atoms with E-state index in [1.165, 1.54) is 12.3 Å². The number of rotatable bonds is 5. The third kappa shape index (κ3) is 4.12. The lowest BCUT2D eigenvalue weighted by atomic mass is 10.1. The number of amides is 1. The molecule has 0 aliphatic rings. The summed E-state index contributed by atoms with van der Waals surface area (Å²) in [7, 11) is 0. The van der Waals surface area contributed by atoms with Gasteiger partial charge in [-0.1, -0.05) is 17.7 Å². The summed E-state index contributed by atoms with van der Waals surface area (Å²) < 4.78 is 27.7. The highest BCUT2D eigenvalue weighted by molar-refractivity contribution is 6.34. The first-order chi connectivity index (χ1) is 13.4. The first-order valence-corrected chi connectivity index (χ1v) is 8.35. The lowest BCUT2D eigenvalue weighted by Crippen LogP contribution is -2.31. The molecule has 0 N–H and O–H groups in total. The highest BCUT2D eigenvalue weighted by atomic mass is 35.5. The van der Waals surface area contributed by atoms with Crippen LogP contribution < -0.4 is 4.90 Å². The topological polar surface area (TPSA) is 76.3 Å². The molecule has 0 bridgehead atoms. The number of nitrogens with zero attached hydrogens (tertiary/aromatic N) is 3. The van der Waals surface area contributed by atoms with E-state index in [0.29, 0.717) is 11.8 Å². The van der Waals surface area contributed by atoms with Crippen molar-refractivity contribution in [1.29, 1.82) is 0 Å². The van der Waals surface area contributed by atoms with Crippen LogP contribution in [0.25, 0.3) is 0 Å². The van der Waals surface area contributed by atoms with Gasteiger partial charge in [0.05, 0.1) is 33.4 Å². The number of halogens is 3. The molecular formula is C19H12ClF2N3O3. The summed E-state index contributed by atoms with van der Waals surface area (Å²) in [5.74, 6) is -2.45. The summed E-state index contributed by atoms with van der Waals surface area (Å²) in [6.45, 7) is -0.116. The molecule has 142 valence electrons. The van der Waals surface area contributed by atoms with Gasteiger partial charge >= 0.3 is 0 Å². The van der Waals surface area contributed by atoms with Crippen LogP contribution in [-0.2, 0) is 6.54 Å². The first-order valence-electron chi connectivity index (χ1n) is 7.97. The summed E-state index contributed by atoms with van der Waals surface area (Å²) in [6, 6.07) is 11.2. The van der Waals surface area contributed by atoms with Gasteiger partial charge in [-0.15, -0.1) is 0 Å². The van der Waals surface area contributed by atoms with Crippen molar-refractivity contribution in [3.63, 3.8) is 0 Å². The summed E-state index contributed by atoms with van der Waals surface area (Å²) in [6.07, 6.45) is 1.51. The van der Waals surface area contributed by atoms with Crippen LogP contribution in [0, 0.1) is 21.7 Å². The molecule has 0 radical (unpaired) electrons. The molecule has 0 aliphatic carbocycles. The Balaban J connectivity index is 2.05. The van der Waals surface area contributed by atoms with Crippen LogP contribution >= 0.6 is 11.6 Å². The monoisotopic (exact) mass is 403 g/mol. The van der Waals surface area contributed by atoms with Gasteiger partial charge in [-0.25, -0.2) is 8.78 Å². The molecule has 9 heteroatoms. The van der Waals surface area contributed by atoms with Crippen LogP contribution in [0.15, 0.2) is 60.8 Å². The van der Waals surface area contributed by atoms with Gasteiger partial charge in [0.2, 0.25) is 0 Å². The van der Waals surface area contributed by atoms with E-state index >= 15 is 0 Å². The van der Waals surface area contributed by atoms with Crippen LogP contribution in [-0.4, -0.2) is 15.8 Å². The van der Waals surface area contributed by atoms with Crippen LogP contribution in [0.1, 0.15) is 16.1 Å². The number of pyridine rings is 1. The van der Waals surface area contributed by atoms with Crippen molar-refractivity contribution in [2.45, 2.75) is 6.54 Å². The molecule has 3 rings (SSSR count). The molecule has 1 aromatic heterocycles. The molecule has 28 heavy (non-hydrogen) atoms. The third-order valence-electron chi connectivity index (χ3n) is 3.89. The highest BCUT2D eigenvalue weighted by Crippen LogP contribution is 2.28. The van der Waals surface area contributed by atoms with E-state index in [0.717, 1.165) is 29.2 Å². The minimum atomic E-state index is -0.942. The summed E-state index contributed by atoms with van der Waals surface area (Å²) in [5.41, 5.74) is -0.0678. The maximum atomic E-state index is 14.4. The maximum absolute atomic E-state index is 14.4. The molecule has 0 atom stereocenters. The van der Waals surface area contributed by atoms with E-state index in [4.69, 9.17) is 11.6 Å². The fraction of sp³-hybridized carbons (Fsp3) is 0.0526. The number of carbonyl (C=O) groups excluding carboxylic acids is 1. The smallest absolute Gasteiger partial charge is 0.270 e. The second-order valence-electron chi connectivity index (χ2n) is 5.73. The Labute approximate surface area is 163 Å². The number of nitro groups is 1. The lowest BCUT2D eigenvalue weighted by Gasteiger charge is -2.23. The van der Waals surface area contributed by atoms with Crippen LogP contribution in [0.3, 0.4) is 0 Å². The maximum Gasteiger partial charge on any atom is 0.270 e. The normalized spacial score (nSPS) is 10.5. The molecule has 0 saturated carbocycles. The van der Waals surface area contributed by atoms with Crippen molar-refractivity contribution in [2.75, 3.05) is 4.90 Å². The Hall–Kier alpha value is -3.39. The minimum Gasteiger partial charge on any atom is -0.299 e. The van der Waals surface area contributed by atoms with E-state index < -0.39 is 22.5 Å². The minimum absolute atomic E-state index is 0.0630. The number of benzene rings is 2. The van der Waals surface area contributed by atoms with Crippen molar-refractivity contribution in [2.24, 2.45) is 0 Å². The van der Waals surface area contributed by atoms with Crippen molar-refractivity contribution in [1.82, 2.24) is 4.98 Å². The lowest BCUT2D eigenvalue weighted by molar-refractivity contribution is -0.384. The predicted molar refractivity (Wildman–Crippen MR) is 99.2 cm³/mol. The van der Waals surface area contributed by atoms with Crippen molar-refractivity contribution in [3.8, 4) is 0 Å². The number of anilines is 1. The second kappa shape index (κ2) is 8.10. The van der Waals surface area contributed by atoms with Gasteiger partial charge in [0, 0.05) is 24.4 Å². The van der Waals surface area contributed by atoms with Crippen LogP contribution in [0.5, 0.6) is 0 Å². The Morgan fingerprint density at radius 2 is 1.93 bits per heavy atom. The Kier molecular flexibility index (Phi) is 5.60. The molecule has 2 aromatic carbocycles. The quantitative estimate of drug-likeness (QED) is 0.454. The van der Waals surface area contributed by atoms with E-state index in [1.54, 1.807) is 18.2 Å². The molecule has 1 amide bonds. The Bertz CT molecular complexity index is 1050. The van der Waals surface area contributed by atoms with E-state index in [-0.39, 0.29) is 28.5 Å². The van der Waals surface area contributed by atoms with Crippen LogP contribution in [0.2, 0.25) is 5.02 Å². The van der Waals surface area contributed by atoms with E-state index in [2.05, 4.69) is 4.98 Å². The summed E-state index contributed by atoms with van der Waals surface area (Å²) in [5, 5.41) is 10.7. The zero-order chi connectivity index (χ0) is 20.3. The molecule has 0 aliphatic heterocycles. The number of non-ortho nitro benzene ring substituents is 1.